The minimum atomic E-state index is -0.957. The lowest BCUT2D eigenvalue weighted by atomic mass is 9.98. The van der Waals surface area contributed by atoms with Gasteiger partial charge in [-0.25, -0.2) is 9.59 Å². The van der Waals surface area contributed by atoms with Crippen LogP contribution in [-0.2, 0) is 25.6 Å². The SMILES string of the molecule is O=C(N[C@H](CNC(=O)ON1C(=O)CCC1=O)Cc1ccccc1)OCC1c2ccccc2-c2ccccc21. The second-order valence-corrected chi connectivity index (χ2v) is 9.20. The molecule has 5 rings (SSSR count). The maximum absolute atomic E-state index is 12.9. The number of amides is 4. The van der Waals surface area contributed by atoms with E-state index in [1.807, 2.05) is 66.7 Å². The monoisotopic (exact) mass is 513 g/mol. The molecule has 9 heteroatoms. The summed E-state index contributed by atoms with van der Waals surface area (Å²) < 4.78 is 5.66. The number of hydrogen-bond acceptors (Lipinski definition) is 6. The van der Waals surface area contributed by atoms with Crippen molar-refractivity contribution in [1.29, 1.82) is 0 Å². The second-order valence-electron chi connectivity index (χ2n) is 9.20. The van der Waals surface area contributed by atoms with E-state index in [0.29, 0.717) is 11.5 Å². The molecule has 0 spiro atoms. The second kappa shape index (κ2) is 11.2. The van der Waals surface area contributed by atoms with Gasteiger partial charge in [-0.3, -0.25) is 9.59 Å². The number of rotatable bonds is 8. The average molecular weight is 514 g/mol. The quantitative estimate of drug-likeness (QED) is 0.441. The van der Waals surface area contributed by atoms with Gasteiger partial charge in [-0.15, -0.1) is 5.06 Å². The summed E-state index contributed by atoms with van der Waals surface area (Å²) in [5, 5.41) is 5.82. The molecule has 0 radical (unpaired) electrons. The predicted octanol–water partition coefficient (Wildman–Crippen LogP) is 3.93. The van der Waals surface area contributed by atoms with Crippen LogP contribution in [0.2, 0.25) is 0 Å². The Kier molecular flexibility index (Phi) is 7.35. The van der Waals surface area contributed by atoms with Gasteiger partial charge in [0.25, 0.3) is 11.8 Å². The molecule has 3 aromatic carbocycles. The molecule has 194 valence electrons. The molecule has 3 aromatic rings. The zero-order valence-electron chi connectivity index (χ0n) is 20.6. The number of fused-ring (bicyclic) bond motifs is 3. The molecule has 0 aromatic heterocycles. The maximum atomic E-state index is 12.9. The summed E-state index contributed by atoms with van der Waals surface area (Å²) in [5.74, 6) is -1.21. The molecule has 4 amide bonds. The summed E-state index contributed by atoms with van der Waals surface area (Å²) in [6, 6.07) is 25.1. The maximum Gasteiger partial charge on any atom is 0.432 e. The molecule has 1 aliphatic carbocycles. The van der Waals surface area contributed by atoms with Crippen LogP contribution in [0.25, 0.3) is 11.1 Å². The van der Waals surface area contributed by atoms with E-state index in [0.717, 1.165) is 27.8 Å². The third-order valence-electron chi connectivity index (χ3n) is 6.66. The van der Waals surface area contributed by atoms with Gasteiger partial charge in [-0.05, 0) is 34.2 Å². The first-order valence-corrected chi connectivity index (χ1v) is 12.5. The predicted molar refractivity (Wildman–Crippen MR) is 138 cm³/mol. The molecule has 1 heterocycles. The van der Waals surface area contributed by atoms with Gasteiger partial charge in [-0.2, -0.15) is 0 Å². The lowest BCUT2D eigenvalue weighted by molar-refractivity contribution is -0.171. The van der Waals surface area contributed by atoms with Crippen LogP contribution >= 0.6 is 0 Å². The number of benzene rings is 3. The Bertz CT molecular complexity index is 1300. The van der Waals surface area contributed by atoms with Crippen molar-refractivity contribution in [2.75, 3.05) is 13.2 Å². The fourth-order valence-corrected chi connectivity index (χ4v) is 4.86. The van der Waals surface area contributed by atoms with Crippen molar-refractivity contribution in [1.82, 2.24) is 15.7 Å². The topological polar surface area (TPSA) is 114 Å². The van der Waals surface area contributed by atoms with Crippen LogP contribution in [0.5, 0.6) is 0 Å². The number of hydrogen-bond donors (Lipinski definition) is 2. The lowest BCUT2D eigenvalue weighted by Crippen LogP contribution is -2.46. The summed E-state index contributed by atoms with van der Waals surface area (Å²) in [4.78, 5) is 53.4. The van der Waals surface area contributed by atoms with E-state index in [9.17, 15) is 19.2 Å². The lowest BCUT2D eigenvalue weighted by Gasteiger charge is -2.21. The van der Waals surface area contributed by atoms with Gasteiger partial charge in [0.1, 0.15) is 6.61 Å². The van der Waals surface area contributed by atoms with E-state index >= 15 is 0 Å². The standard InChI is InChI=1S/C29H27N3O6/c33-26-14-15-27(34)32(26)38-28(35)30-17-20(16-19-8-2-1-3-9-19)31-29(36)37-18-25-23-12-6-4-10-21(23)22-11-5-7-13-24(22)25/h1-13,20,25H,14-18H2,(H,30,35)(H,31,36)/t20-/m0/s1. The molecular weight excluding hydrogens is 486 g/mol. The molecule has 1 atom stereocenters. The third kappa shape index (κ3) is 5.51. The van der Waals surface area contributed by atoms with Crippen LogP contribution in [0.15, 0.2) is 78.9 Å². The van der Waals surface area contributed by atoms with E-state index in [2.05, 4.69) is 22.8 Å². The Balaban J connectivity index is 1.21. The Morgan fingerprint density at radius 1 is 0.816 bits per heavy atom. The molecule has 2 N–H and O–H groups in total. The van der Waals surface area contributed by atoms with Gasteiger partial charge < -0.3 is 20.2 Å². The first-order chi connectivity index (χ1) is 18.5. The highest BCUT2D eigenvalue weighted by Gasteiger charge is 2.33. The van der Waals surface area contributed by atoms with Gasteiger partial charge in [-0.1, -0.05) is 78.9 Å². The van der Waals surface area contributed by atoms with Gasteiger partial charge in [0.2, 0.25) is 0 Å². The van der Waals surface area contributed by atoms with Gasteiger partial charge in [0, 0.05) is 25.3 Å². The zero-order valence-corrected chi connectivity index (χ0v) is 20.6. The largest absolute Gasteiger partial charge is 0.449 e. The van der Waals surface area contributed by atoms with Crippen molar-refractivity contribution in [2.45, 2.75) is 31.2 Å². The van der Waals surface area contributed by atoms with E-state index in [-0.39, 0.29) is 31.9 Å². The van der Waals surface area contributed by atoms with Crippen molar-refractivity contribution in [3.05, 3.63) is 95.6 Å². The summed E-state index contributed by atoms with van der Waals surface area (Å²) in [5.41, 5.74) is 5.43. The molecule has 0 unspecified atom stereocenters. The average Bonchev–Trinajstić information content (AvgIpc) is 3.43. The van der Waals surface area contributed by atoms with E-state index in [1.165, 1.54) is 0 Å². The highest BCUT2D eigenvalue weighted by Crippen LogP contribution is 2.44. The van der Waals surface area contributed by atoms with Crippen LogP contribution in [0.3, 0.4) is 0 Å². The molecule has 0 saturated carbocycles. The molecule has 1 aliphatic heterocycles. The van der Waals surface area contributed by atoms with E-state index < -0.39 is 30.0 Å². The Morgan fingerprint density at radius 2 is 1.39 bits per heavy atom. The number of carbonyl (C=O) groups excluding carboxylic acids is 4. The number of nitrogens with zero attached hydrogens (tertiary/aromatic N) is 1. The number of carbonyl (C=O) groups is 4. The van der Waals surface area contributed by atoms with Crippen molar-refractivity contribution in [2.24, 2.45) is 0 Å². The smallest absolute Gasteiger partial charge is 0.432 e. The minimum absolute atomic E-state index is 0.00581. The Hall–Kier alpha value is -4.66. The Morgan fingerprint density at radius 3 is 2.03 bits per heavy atom. The zero-order chi connectivity index (χ0) is 26.5. The first kappa shape index (κ1) is 25.0. The highest BCUT2D eigenvalue weighted by atomic mass is 16.7. The Labute approximate surface area is 219 Å². The molecule has 1 fully saturated rings. The van der Waals surface area contributed by atoms with Gasteiger partial charge in [0.05, 0.1) is 6.04 Å². The fourth-order valence-electron chi connectivity index (χ4n) is 4.86. The van der Waals surface area contributed by atoms with Crippen molar-refractivity contribution in [3.63, 3.8) is 0 Å². The van der Waals surface area contributed by atoms with Crippen LogP contribution in [0.1, 0.15) is 35.4 Å². The fraction of sp³-hybridized carbons (Fsp3) is 0.241. The van der Waals surface area contributed by atoms with Crippen LogP contribution < -0.4 is 10.6 Å². The molecule has 2 aliphatic rings. The van der Waals surface area contributed by atoms with Gasteiger partial charge >= 0.3 is 12.2 Å². The molecular formula is C29H27N3O6. The number of hydroxylamine groups is 2. The van der Waals surface area contributed by atoms with E-state index in [4.69, 9.17) is 9.57 Å². The number of imide groups is 1. The van der Waals surface area contributed by atoms with Crippen LogP contribution in [-0.4, -0.2) is 48.3 Å². The minimum Gasteiger partial charge on any atom is -0.449 e. The molecule has 1 saturated heterocycles. The first-order valence-electron chi connectivity index (χ1n) is 12.5. The van der Waals surface area contributed by atoms with Crippen molar-refractivity contribution < 1.29 is 28.8 Å². The van der Waals surface area contributed by atoms with Crippen LogP contribution in [0.4, 0.5) is 9.59 Å². The molecule has 0 bridgehead atoms. The summed E-state index contributed by atoms with van der Waals surface area (Å²) in [6.45, 7) is 0.153. The van der Waals surface area contributed by atoms with Crippen LogP contribution in [0, 0.1) is 0 Å². The highest BCUT2D eigenvalue weighted by molar-refractivity contribution is 6.01. The third-order valence-corrected chi connectivity index (χ3v) is 6.66. The molecule has 9 nitrogen and oxygen atoms in total. The molecule has 38 heavy (non-hydrogen) atoms. The summed E-state index contributed by atoms with van der Waals surface area (Å²) >= 11 is 0. The summed E-state index contributed by atoms with van der Waals surface area (Å²) in [6.07, 6.45) is -1.15. The van der Waals surface area contributed by atoms with E-state index in [1.54, 1.807) is 0 Å². The summed E-state index contributed by atoms with van der Waals surface area (Å²) in [7, 11) is 0. The van der Waals surface area contributed by atoms with Crippen molar-refractivity contribution in [3.8, 4) is 11.1 Å². The number of ether oxygens (including phenoxy) is 1. The van der Waals surface area contributed by atoms with Gasteiger partial charge in [0.15, 0.2) is 0 Å². The normalized spacial score (nSPS) is 15.0. The van der Waals surface area contributed by atoms with Crippen molar-refractivity contribution >= 4 is 24.0 Å². The number of alkyl carbamates (subject to hydrolysis) is 1. The number of nitrogens with one attached hydrogen (secondary N) is 2.